The number of fused-ring (bicyclic) bond motifs is 1. The number of hydrogen-bond donors (Lipinski definition) is 4. The van der Waals surface area contributed by atoms with Gasteiger partial charge in [-0.3, -0.25) is 0 Å². The second-order valence-corrected chi connectivity index (χ2v) is 7.02. The van der Waals surface area contributed by atoms with E-state index in [1.807, 2.05) is 13.0 Å². The standard InChI is InChI=1S/C20H20BN7O3/c1-2-16-17(23-11-13-6-5-7-14(10-13)21(30)31)25-18(27-26-16)19-24-12-15-8-3-4-9-28(15,19)20(22)29/h3-10,12,30-31H,2,11H2,1H3,(H2-,22,23,25,27,29)/p+1. The Morgan fingerprint density at radius 3 is 2.84 bits per heavy atom. The molecule has 156 valence electrons. The van der Waals surface area contributed by atoms with Crippen LogP contribution in [0.5, 0.6) is 0 Å². The van der Waals surface area contributed by atoms with E-state index in [0.29, 0.717) is 35.6 Å². The number of rotatable bonds is 6. The van der Waals surface area contributed by atoms with Gasteiger partial charge in [-0.05, 0) is 23.5 Å². The number of amides is 2. The molecule has 0 saturated heterocycles. The summed E-state index contributed by atoms with van der Waals surface area (Å²) in [5, 5.41) is 30.4. The van der Waals surface area contributed by atoms with Gasteiger partial charge in [0.05, 0.1) is 6.20 Å². The molecule has 3 heterocycles. The van der Waals surface area contributed by atoms with Gasteiger partial charge in [0.15, 0.2) is 11.5 Å². The molecule has 2 aliphatic heterocycles. The topological polar surface area (TPSA) is 147 Å². The van der Waals surface area contributed by atoms with E-state index in [9.17, 15) is 14.8 Å². The molecule has 1 atom stereocenters. The van der Waals surface area contributed by atoms with E-state index in [1.54, 1.807) is 48.8 Å². The van der Waals surface area contributed by atoms with E-state index in [-0.39, 0.29) is 11.7 Å². The minimum Gasteiger partial charge on any atom is -0.423 e. The first-order valence-corrected chi connectivity index (χ1v) is 9.72. The molecule has 1 aromatic carbocycles. The summed E-state index contributed by atoms with van der Waals surface area (Å²) in [6.45, 7) is 2.31. The van der Waals surface area contributed by atoms with Crippen molar-refractivity contribution < 1.29 is 19.3 Å². The summed E-state index contributed by atoms with van der Waals surface area (Å²) in [5.41, 5.74) is 8.21. The average Bonchev–Trinajstić information content (AvgIpc) is 3.18. The molecule has 11 heteroatoms. The zero-order valence-corrected chi connectivity index (χ0v) is 16.8. The summed E-state index contributed by atoms with van der Waals surface area (Å²) in [6.07, 6.45) is 9.07. The number of anilines is 1. The Morgan fingerprint density at radius 1 is 1.26 bits per heavy atom. The highest BCUT2D eigenvalue weighted by Gasteiger charge is 2.49. The van der Waals surface area contributed by atoms with Crippen molar-refractivity contribution in [1.82, 2.24) is 15.2 Å². The maximum Gasteiger partial charge on any atom is 0.488 e. The second-order valence-electron chi connectivity index (χ2n) is 7.02. The summed E-state index contributed by atoms with van der Waals surface area (Å²) < 4.78 is -0.403. The van der Waals surface area contributed by atoms with Gasteiger partial charge in [-0.15, -0.1) is 14.7 Å². The number of aryl methyl sites for hydroxylation is 1. The van der Waals surface area contributed by atoms with Crippen LogP contribution < -0.4 is 16.5 Å². The van der Waals surface area contributed by atoms with Gasteiger partial charge < -0.3 is 21.1 Å². The quantitative estimate of drug-likeness (QED) is 0.390. The number of hydrogen-bond acceptors (Lipinski definition) is 8. The lowest BCUT2D eigenvalue weighted by atomic mass is 9.80. The van der Waals surface area contributed by atoms with Crippen molar-refractivity contribution in [2.24, 2.45) is 10.7 Å². The Labute approximate surface area is 178 Å². The van der Waals surface area contributed by atoms with Crippen molar-refractivity contribution in [3.8, 4) is 0 Å². The SMILES string of the molecule is CCc1nnc(C2=NC=C3C=CC=C[N+]32C(N)=O)nc1NCc1cccc(B(O)O)c1. The van der Waals surface area contributed by atoms with Crippen molar-refractivity contribution >= 4 is 30.3 Å². The number of amidine groups is 1. The van der Waals surface area contributed by atoms with Gasteiger partial charge in [-0.1, -0.05) is 37.3 Å². The van der Waals surface area contributed by atoms with Crippen LogP contribution in [0.3, 0.4) is 0 Å². The van der Waals surface area contributed by atoms with Crippen molar-refractivity contribution in [3.63, 3.8) is 0 Å². The normalized spacial score (nSPS) is 18.9. The van der Waals surface area contributed by atoms with E-state index in [0.717, 1.165) is 5.56 Å². The van der Waals surface area contributed by atoms with E-state index < -0.39 is 17.6 Å². The maximum atomic E-state index is 12.4. The monoisotopic (exact) mass is 418 g/mol. The molecule has 10 nitrogen and oxygen atoms in total. The first-order valence-electron chi connectivity index (χ1n) is 9.72. The van der Waals surface area contributed by atoms with Crippen LogP contribution in [0.1, 0.15) is 24.0 Å². The van der Waals surface area contributed by atoms with E-state index in [1.165, 1.54) is 0 Å². The van der Waals surface area contributed by atoms with Crippen LogP contribution in [0.25, 0.3) is 0 Å². The second kappa shape index (κ2) is 8.22. The Bertz CT molecular complexity index is 1160. The lowest BCUT2D eigenvalue weighted by Crippen LogP contribution is -2.54. The van der Waals surface area contributed by atoms with Crippen LogP contribution in [0.2, 0.25) is 0 Å². The molecule has 0 radical (unpaired) electrons. The summed E-state index contributed by atoms with van der Waals surface area (Å²) >= 11 is 0. The lowest BCUT2D eigenvalue weighted by Gasteiger charge is -2.27. The zero-order valence-electron chi connectivity index (χ0n) is 16.8. The third-order valence-electron chi connectivity index (χ3n) is 5.10. The van der Waals surface area contributed by atoms with Crippen molar-refractivity contribution in [2.45, 2.75) is 19.9 Å². The number of carbonyl (C=O) groups excluding carboxylic acids is 1. The molecule has 2 aromatic rings. The highest BCUT2D eigenvalue weighted by molar-refractivity contribution is 6.58. The van der Waals surface area contributed by atoms with Gasteiger partial charge in [-0.25, -0.2) is 9.78 Å². The molecule has 0 saturated carbocycles. The molecular weight excluding hydrogens is 397 g/mol. The summed E-state index contributed by atoms with van der Waals surface area (Å²) in [6, 6.07) is 6.30. The van der Waals surface area contributed by atoms with Crippen molar-refractivity contribution in [3.05, 3.63) is 77.7 Å². The third kappa shape index (κ3) is 3.65. The van der Waals surface area contributed by atoms with Crippen molar-refractivity contribution in [1.29, 1.82) is 0 Å². The number of primary amides is 1. The van der Waals surface area contributed by atoms with Crippen LogP contribution in [0.15, 0.2) is 65.6 Å². The number of nitrogens with zero attached hydrogens (tertiary/aromatic N) is 5. The van der Waals surface area contributed by atoms with Gasteiger partial charge in [-0.2, -0.15) is 4.99 Å². The molecule has 0 bridgehead atoms. The lowest BCUT2D eigenvalue weighted by molar-refractivity contribution is -0.647. The van der Waals surface area contributed by atoms with Gasteiger partial charge in [0.2, 0.25) is 0 Å². The molecule has 0 fully saturated rings. The first kappa shape index (κ1) is 20.6. The minimum absolute atomic E-state index is 0.184. The number of nitrogens with two attached hydrogens (primary N) is 1. The number of quaternary nitrogens is 1. The third-order valence-corrected chi connectivity index (χ3v) is 5.10. The Balaban J connectivity index is 1.64. The largest absolute Gasteiger partial charge is 0.488 e. The number of urea groups is 1. The summed E-state index contributed by atoms with van der Waals surface area (Å²) in [7, 11) is -1.54. The highest BCUT2D eigenvalue weighted by Crippen LogP contribution is 2.32. The Hall–Kier alpha value is -3.67. The zero-order chi connectivity index (χ0) is 22.0. The highest BCUT2D eigenvalue weighted by atomic mass is 16.4. The van der Waals surface area contributed by atoms with Gasteiger partial charge in [0.25, 0.3) is 11.7 Å². The van der Waals surface area contributed by atoms with Crippen LogP contribution in [0.4, 0.5) is 10.6 Å². The minimum atomic E-state index is -1.54. The number of aliphatic imine (C=N–C) groups is 1. The van der Waals surface area contributed by atoms with Crippen LogP contribution in [-0.2, 0) is 13.0 Å². The number of allylic oxidation sites excluding steroid dienone is 3. The first-order chi connectivity index (χ1) is 15.0. The molecule has 0 spiro atoms. The molecule has 0 aliphatic carbocycles. The van der Waals surface area contributed by atoms with Gasteiger partial charge >= 0.3 is 13.1 Å². The van der Waals surface area contributed by atoms with Crippen LogP contribution in [-0.4, -0.2) is 48.7 Å². The Morgan fingerprint density at radius 2 is 2.10 bits per heavy atom. The number of nitrogens with one attached hydrogen (secondary N) is 1. The molecule has 2 amide bonds. The van der Waals surface area contributed by atoms with Crippen LogP contribution in [0, 0.1) is 0 Å². The molecule has 1 aromatic heterocycles. The van der Waals surface area contributed by atoms with Crippen molar-refractivity contribution in [2.75, 3.05) is 5.32 Å². The fourth-order valence-electron chi connectivity index (χ4n) is 3.47. The number of aromatic nitrogens is 3. The average molecular weight is 418 g/mol. The predicted octanol–water partition coefficient (Wildman–Crippen LogP) is 0.307. The van der Waals surface area contributed by atoms with Crippen LogP contribution >= 0.6 is 0 Å². The van der Waals surface area contributed by atoms with E-state index in [4.69, 9.17) is 5.73 Å². The molecule has 31 heavy (non-hydrogen) atoms. The number of benzene rings is 1. The fourth-order valence-corrected chi connectivity index (χ4v) is 3.47. The molecule has 4 rings (SSSR count). The van der Waals surface area contributed by atoms with Gasteiger partial charge in [0.1, 0.15) is 11.9 Å². The molecule has 2 aliphatic rings. The molecule has 5 N–H and O–H groups in total. The predicted molar refractivity (Wildman–Crippen MR) is 116 cm³/mol. The van der Waals surface area contributed by atoms with Gasteiger partial charge in [0, 0.05) is 12.6 Å². The summed E-state index contributed by atoms with van der Waals surface area (Å²) in [4.78, 5) is 21.4. The molecule has 1 unspecified atom stereocenters. The van der Waals surface area contributed by atoms with E-state index >= 15 is 0 Å². The maximum absolute atomic E-state index is 12.4. The molecular formula is C20H21BN7O3+. The Kier molecular flexibility index (Phi) is 5.47. The number of carbonyl (C=O) groups is 1. The fraction of sp³-hybridized carbons (Fsp3) is 0.150. The van der Waals surface area contributed by atoms with E-state index in [2.05, 4.69) is 25.5 Å². The smallest absolute Gasteiger partial charge is 0.423 e. The summed E-state index contributed by atoms with van der Waals surface area (Å²) in [5.74, 6) is 0.952.